The Morgan fingerprint density at radius 3 is 2.38 bits per heavy atom. The lowest BCUT2D eigenvalue weighted by Crippen LogP contribution is -2.33. The summed E-state index contributed by atoms with van der Waals surface area (Å²) >= 11 is 1.45. The Kier molecular flexibility index (Phi) is 7.47. The van der Waals surface area contributed by atoms with E-state index in [0.29, 0.717) is 5.75 Å². The first-order valence-electron chi connectivity index (χ1n) is 10.1. The molecule has 0 aliphatic rings. The molecule has 0 spiro atoms. The maximum atomic E-state index is 12.7. The van der Waals surface area contributed by atoms with E-state index in [1.54, 1.807) is 0 Å². The molecule has 0 atom stereocenters. The summed E-state index contributed by atoms with van der Waals surface area (Å²) in [4.78, 5) is 14.7. The molecule has 1 aromatic heterocycles. The molecular weight excluding hydrogens is 380 g/mol. The number of carbonyl (C=O) groups excluding carboxylic acids is 1. The molecule has 3 rings (SSSR count). The summed E-state index contributed by atoms with van der Waals surface area (Å²) in [5, 5.41) is 9.61. The normalized spacial score (nSPS) is 10.9. The molecule has 0 fully saturated rings. The van der Waals surface area contributed by atoms with E-state index in [-0.39, 0.29) is 5.91 Å². The molecule has 6 heteroatoms. The predicted molar refractivity (Wildman–Crippen MR) is 119 cm³/mol. The molecule has 0 aliphatic heterocycles. The Balaban J connectivity index is 1.91. The van der Waals surface area contributed by atoms with Crippen LogP contribution in [0, 0.1) is 6.92 Å². The van der Waals surface area contributed by atoms with E-state index in [0.717, 1.165) is 48.2 Å². The Bertz CT molecular complexity index is 933. The Hall–Kier alpha value is -2.60. The van der Waals surface area contributed by atoms with E-state index in [9.17, 15) is 4.79 Å². The average Bonchev–Trinajstić information content (AvgIpc) is 3.16. The van der Waals surface area contributed by atoms with E-state index < -0.39 is 0 Å². The summed E-state index contributed by atoms with van der Waals surface area (Å²) in [5.74, 6) is 1.29. The van der Waals surface area contributed by atoms with Crippen molar-refractivity contribution in [2.24, 2.45) is 0 Å². The molecule has 1 heterocycles. The molecular formula is C23H28N4OS. The van der Waals surface area contributed by atoms with Gasteiger partial charge in [0.1, 0.15) is 0 Å². The molecule has 0 saturated carbocycles. The quantitative estimate of drug-likeness (QED) is 0.468. The molecule has 0 aliphatic carbocycles. The van der Waals surface area contributed by atoms with Gasteiger partial charge in [0.25, 0.3) is 0 Å². The molecule has 5 nitrogen and oxygen atoms in total. The van der Waals surface area contributed by atoms with Crippen LogP contribution in [0.25, 0.3) is 17.1 Å². The van der Waals surface area contributed by atoms with Crippen LogP contribution in [0.5, 0.6) is 0 Å². The van der Waals surface area contributed by atoms with Crippen LogP contribution < -0.4 is 0 Å². The van der Waals surface area contributed by atoms with Gasteiger partial charge in [0.2, 0.25) is 5.91 Å². The van der Waals surface area contributed by atoms with Gasteiger partial charge >= 0.3 is 0 Å². The minimum Gasteiger partial charge on any atom is -0.342 e. The number of carbonyl (C=O) groups is 1. The minimum atomic E-state index is 0.152. The van der Waals surface area contributed by atoms with Crippen molar-refractivity contribution in [3.05, 3.63) is 60.2 Å². The van der Waals surface area contributed by atoms with E-state index in [1.807, 2.05) is 45.9 Å². The number of hydrogen-bond donors (Lipinski definition) is 0. The number of hydrogen-bond acceptors (Lipinski definition) is 4. The predicted octanol–water partition coefficient (Wildman–Crippen LogP) is 4.98. The van der Waals surface area contributed by atoms with Gasteiger partial charge in [-0.1, -0.05) is 68.1 Å². The lowest BCUT2D eigenvalue weighted by Gasteiger charge is -2.21. The second-order valence-electron chi connectivity index (χ2n) is 7.02. The van der Waals surface area contributed by atoms with E-state index in [2.05, 4.69) is 49.2 Å². The molecule has 0 N–H and O–H groups in total. The second kappa shape index (κ2) is 10.3. The maximum absolute atomic E-state index is 12.7. The first-order chi connectivity index (χ1) is 14.1. The van der Waals surface area contributed by atoms with Crippen molar-refractivity contribution in [1.29, 1.82) is 0 Å². The van der Waals surface area contributed by atoms with Crippen molar-refractivity contribution >= 4 is 17.7 Å². The third kappa shape index (κ3) is 5.26. The van der Waals surface area contributed by atoms with Crippen molar-refractivity contribution in [1.82, 2.24) is 19.7 Å². The molecule has 29 heavy (non-hydrogen) atoms. The van der Waals surface area contributed by atoms with Crippen molar-refractivity contribution in [2.75, 3.05) is 18.8 Å². The van der Waals surface area contributed by atoms with Gasteiger partial charge in [-0.25, -0.2) is 0 Å². The fourth-order valence-corrected chi connectivity index (χ4v) is 4.11. The van der Waals surface area contributed by atoms with Gasteiger partial charge in [-0.05, 0) is 37.5 Å². The van der Waals surface area contributed by atoms with Crippen LogP contribution in [0.1, 0.15) is 32.3 Å². The van der Waals surface area contributed by atoms with Gasteiger partial charge in [0.15, 0.2) is 11.0 Å². The van der Waals surface area contributed by atoms with Gasteiger partial charge in [-0.3, -0.25) is 9.36 Å². The Morgan fingerprint density at radius 1 is 1.00 bits per heavy atom. The van der Waals surface area contributed by atoms with E-state index >= 15 is 0 Å². The molecule has 0 saturated heterocycles. The van der Waals surface area contributed by atoms with Crippen LogP contribution in [0.15, 0.2) is 59.8 Å². The molecule has 0 bridgehead atoms. The van der Waals surface area contributed by atoms with Crippen molar-refractivity contribution < 1.29 is 4.79 Å². The number of aryl methyl sites for hydroxylation is 1. The zero-order chi connectivity index (χ0) is 20.6. The first-order valence-corrected chi connectivity index (χ1v) is 11.1. The fraction of sp³-hybridized carbons (Fsp3) is 0.348. The minimum absolute atomic E-state index is 0.152. The van der Waals surface area contributed by atoms with Gasteiger partial charge in [0, 0.05) is 24.3 Å². The smallest absolute Gasteiger partial charge is 0.233 e. The summed E-state index contributed by atoms with van der Waals surface area (Å²) in [6, 6.07) is 18.3. The van der Waals surface area contributed by atoms with Gasteiger partial charge in [-0.15, -0.1) is 10.2 Å². The van der Waals surface area contributed by atoms with Crippen LogP contribution in [-0.2, 0) is 4.79 Å². The summed E-state index contributed by atoms with van der Waals surface area (Å²) in [6.45, 7) is 7.87. The van der Waals surface area contributed by atoms with Crippen LogP contribution in [0.3, 0.4) is 0 Å². The standard InChI is InChI=1S/C23H28N4OS/c1-4-14-26(15-5-2)21(28)17-29-23-25-24-22(19-11-7-6-8-12-19)27(23)20-13-9-10-18(3)16-20/h6-13,16H,4-5,14-15,17H2,1-3H3. The average molecular weight is 409 g/mol. The highest BCUT2D eigenvalue weighted by molar-refractivity contribution is 7.99. The van der Waals surface area contributed by atoms with Crippen molar-refractivity contribution in [3.8, 4) is 17.1 Å². The Labute approximate surface area is 177 Å². The molecule has 1 amide bonds. The van der Waals surface area contributed by atoms with Gasteiger partial charge < -0.3 is 4.90 Å². The summed E-state index contributed by atoms with van der Waals surface area (Å²) < 4.78 is 2.05. The topological polar surface area (TPSA) is 51.0 Å². The lowest BCUT2D eigenvalue weighted by molar-refractivity contribution is -0.128. The third-order valence-electron chi connectivity index (χ3n) is 4.59. The van der Waals surface area contributed by atoms with E-state index in [4.69, 9.17) is 0 Å². The zero-order valence-electron chi connectivity index (χ0n) is 17.3. The second-order valence-corrected chi connectivity index (χ2v) is 7.96. The van der Waals surface area contributed by atoms with Crippen LogP contribution in [-0.4, -0.2) is 44.4 Å². The molecule has 2 aromatic carbocycles. The van der Waals surface area contributed by atoms with Crippen molar-refractivity contribution in [2.45, 2.75) is 38.8 Å². The summed E-state index contributed by atoms with van der Waals surface area (Å²) in [6.07, 6.45) is 1.93. The number of benzene rings is 2. The lowest BCUT2D eigenvalue weighted by atomic mass is 10.2. The number of thioether (sulfide) groups is 1. The summed E-state index contributed by atoms with van der Waals surface area (Å²) in [7, 11) is 0. The van der Waals surface area contributed by atoms with Crippen molar-refractivity contribution in [3.63, 3.8) is 0 Å². The van der Waals surface area contributed by atoms with Crippen LogP contribution in [0.2, 0.25) is 0 Å². The van der Waals surface area contributed by atoms with Crippen LogP contribution >= 0.6 is 11.8 Å². The van der Waals surface area contributed by atoms with Crippen LogP contribution in [0.4, 0.5) is 0 Å². The Morgan fingerprint density at radius 2 is 1.72 bits per heavy atom. The molecule has 0 unspecified atom stereocenters. The molecule has 0 radical (unpaired) electrons. The largest absolute Gasteiger partial charge is 0.342 e. The summed E-state index contributed by atoms with van der Waals surface area (Å²) in [5.41, 5.74) is 3.17. The number of rotatable bonds is 9. The maximum Gasteiger partial charge on any atom is 0.233 e. The van der Waals surface area contributed by atoms with E-state index in [1.165, 1.54) is 17.3 Å². The number of nitrogens with zero attached hydrogens (tertiary/aromatic N) is 4. The highest BCUT2D eigenvalue weighted by atomic mass is 32.2. The number of amides is 1. The van der Waals surface area contributed by atoms with Gasteiger partial charge in [0.05, 0.1) is 5.75 Å². The molecule has 152 valence electrons. The monoisotopic (exact) mass is 408 g/mol. The SMILES string of the molecule is CCCN(CCC)C(=O)CSc1nnc(-c2ccccc2)n1-c1cccc(C)c1. The highest BCUT2D eigenvalue weighted by Crippen LogP contribution is 2.28. The highest BCUT2D eigenvalue weighted by Gasteiger charge is 2.19. The third-order valence-corrected chi connectivity index (χ3v) is 5.50. The fourth-order valence-electron chi connectivity index (χ4n) is 3.26. The van der Waals surface area contributed by atoms with Gasteiger partial charge in [-0.2, -0.15) is 0 Å². The molecule has 3 aromatic rings. The number of aromatic nitrogens is 3. The first kappa shape index (κ1) is 21.1. The zero-order valence-corrected chi connectivity index (χ0v) is 18.2.